The monoisotopic (exact) mass is 471 g/mol. The molecule has 1 aromatic heterocycles. The molecule has 0 saturated carbocycles. The summed E-state index contributed by atoms with van der Waals surface area (Å²) in [5, 5.41) is 4.05. The molecule has 0 spiro atoms. The average Bonchev–Trinajstić information content (AvgIpc) is 2.95. The summed E-state index contributed by atoms with van der Waals surface area (Å²) in [5.74, 6) is 0. The van der Waals surface area contributed by atoms with Gasteiger partial charge in [-0.05, 0) is 0 Å². The van der Waals surface area contributed by atoms with Crippen LogP contribution in [-0.2, 0) is 12.8 Å². The van der Waals surface area contributed by atoms with Crippen LogP contribution in [0, 0.1) is 0 Å². The first-order valence-electron chi connectivity index (χ1n) is 12.1. The molecule has 0 bridgehead atoms. The molecule has 0 atom stereocenters. The van der Waals surface area contributed by atoms with Gasteiger partial charge in [-0.25, -0.2) is 0 Å². The van der Waals surface area contributed by atoms with E-state index in [1.807, 2.05) is 12.3 Å². The Hall–Kier alpha value is -3.80. The van der Waals surface area contributed by atoms with Crippen LogP contribution in [0.5, 0.6) is 0 Å². The first-order valence-corrected chi connectivity index (χ1v) is 14.1. The predicted molar refractivity (Wildman–Crippen MR) is 154 cm³/mol. The molecular weight excluding hydrogens is 441 g/mol. The van der Waals surface area contributed by atoms with Crippen molar-refractivity contribution in [3.63, 3.8) is 0 Å². The van der Waals surface area contributed by atoms with Gasteiger partial charge in [0.25, 0.3) is 0 Å². The van der Waals surface area contributed by atoms with E-state index in [-0.39, 0.29) is 0 Å². The van der Waals surface area contributed by atoms with Crippen LogP contribution in [0.3, 0.4) is 0 Å². The maximum atomic E-state index is 5.07. The molecule has 0 aliphatic carbocycles. The summed E-state index contributed by atoms with van der Waals surface area (Å²) in [7, 11) is -2.57. The van der Waals surface area contributed by atoms with E-state index < -0.39 is 7.26 Å². The molecule has 0 unspecified atom stereocenters. The Labute approximate surface area is 209 Å². The molecule has 0 aliphatic rings. The van der Waals surface area contributed by atoms with Crippen molar-refractivity contribution in [2.45, 2.75) is 12.8 Å². The molecule has 1 nitrogen and oxygen atoms in total. The third kappa shape index (κ3) is 4.74. The molecule has 0 saturated heterocycles. The number of nitrogens with zero attached hydrogens (tertiary/aromatic N) is 1. The van der Waals surface area contributed by atoms with Crippen LogP contribution in [-0.4, -0.2) is 4.98 Å². The van der Waals surface area contributed by atoms with E-state index >= 15 is 0 Å². The molecule has 5 aromatic rings. The third-order valence-electron chi connectivity index (χ3n) is 6.75. The van der Waals surface area contributed by atoms with Crippen molar-refractivity contribution in [2.24, 2.45) is 0 Å². The second-order valence-electron chi connectivity index (χ2n) is 8.84. The first-order chi connectivity index (χ1) is 17.3. The van der Waals surface area contributed by atoms with Crippen LogP contribution in [0.15, 0.2) is 140 Å². The topological polar surface area (TPSA) is 12.9 Å². The molecular formula is C33H30NP. The standard InChI is InChI=1S/C33H30NP/c1-2-27-18-20-28(21-19-27)22-23-29-24-25-34-33(26-29)35(30-12-6-3-7-13-30,31-14-8-4-9-15-31)32-16-10-5-11-17-32/h2-21,24-26,35H,1,22-23H2. The average molecular weight is 472 g/mol. The van der Waals surface area contributed by atoms with Gasteiger partial charge >= 0.3 is 209 Å². The van der Waals surface area contributed by atoms with Crippen molar-refractivity contribution in [3.05, 3.63) is 157 Å². The van der Waals surface area contributed by atoms with Gasteiger partial charge in [0.1, 0.15) is 0 Å². The minimum absolute atomic E-state index is 0.978. The van der Waals surface area contributed by atoms with E-state index in [0.717, 1.165) is 18.4 Å². The number of hydrogen-bond donors (Lipinski definition) is 0. The molecule has 1 heterocycles. The molecule has 4 aromatic carbocycles. The second kappa shape index (κ2) is 10.6. The Bertz CT molecular complexity index is 1280. The van der Waals surface area contributed by atoms with Gasteiger partial charge in [-0.1, -0.05) is 0 Å². The van der Waals surface area contributed by atoms with E-state index in [0.29, 0.717) is 0 Å². The van der Waals surface area contributed by atoms with Gasteiger partial charge in [0.15, 0.2) is 0 Å². The van der Waals surface area contributed by atoms with Crippen LogP contribution in [0.1, 0.15) is 16.7 Å². The van der Waals surface area contributed by atoms with Gasteiger partial charge in [0.05, 0.1) is 0 Å². The number of aromatic nitrogens is 1. The molecule has 5 rings (SSSR count). The molecule has 0 fully saturated rings. The number of benzene rings is 4. The third-order valence-corrected chi connectivity index (χ3v) is 11.4. The molecule has 0 N–H and O–H groups in total. The van der Waals surface area contributed by atoms with E-state index in [2.05, 4.69) is 134 Å². The van der Waals surface area contributed by atoms with Crippen molar-refractivity contribution >= 4 is 34.7 Å². The summed E-state index contributed by atoms with van der Waals surface area (Å²) < 4.78 is 0. The molecule has 35 heavy (non-hydrogen) atoms. The summed E-state index contributed by atoms with van der Waals surface area (Å²) in [4.78, 5) is 5.07. The van der Waals surface area contributed by atoms with Crippen molar-refractivity contribution in [1.82, 2.24) is 4.98 Å². The van der Waals surface area contributed by atoms with Gasteiger partial charge in [0, 0.05) is 0 Å². The fraction of sp³-hybridized carbons (Fsp3) is 0.0606. The maximum absolute atomic E-state index is 5.07. The molecule has 0 amide bonds. The zero-order chi connectivity index (χ0) is 23.9. The van der Waals surface area contributed by atoms with Crippen LogP contribution in [0.2, 0.25) is 0 Å². The van der Waals surface area contributed by atoms with Crippen LogP contribution in [0.4, 0.5) is 0 Å². The zero-order valence-electron chi connectivity index (χ0n) is 19.8. The second-order valence-corrected chi connectivity index (χ2v) is 12.6. The summed E-state index contributed by atoms with van der Waals surface area (Å²) in [6, 6.07) is 46.1. The Morgan fingerprint density at radius 2 is 1.06 bits per heavy atom. The Balaban J connectivity index is 1.62. The van der Waals surface area contributed by atoms with Crippen molar-refractivity contribution < 1.29 is 0 Å². The van der Waals surface area contributed by atoms with Crippen molar-refractivity contribution in [2.75, 3.05) is 0 Å². The quantitative estimate of drug-likeness (QED) is 0.258. The predicted octanol–water partition coefficient (Wildman–Crippen LogP) is 5.86. The van der Waals surface area contributed by atoms with Gasteiger partial charge in [0.2, 0.25) is 0 Å². The van der Waals surface area contributed by atoms with Gasteiger partial charge in [-0.15, -0.1) is 0 Å². The van der Waals surface area contributed by atoms with Crippen molar-refractivity contribution in [3.8, 4) is 0 Å². The van der Waals surface area contributed by atoms with Gasteiger partial charge in [-0.2, -0.15) is 0 Å². The van der Waals surface area contributed by atoms with E-state index in [1.54, 1.807) is 0 Å². The number of rotatable bonds is 8. The number of aryl methyl sites for hydroxylation is 2. The summed E-state index contributed by atoms with van der Waals surface area (Å²) >= 11 is 0. The summed E-state index contributed by atoms with van der Waals surface area (Å²) in [6.07, 6.45) is 5.87. The number of hydrogen-bond acceptors (Lipinski definition) is 1. The Morgan fingerprint density at radius 1 is 0.571 bits per heavy atom. The van der Waals surface area contributed by atoms with Crippen molar-refractivity contribution in [1.29, 1.82) is 0 Å². The van der Waals surface area contributed by atoms with Gasteiger partial charge < -0.3 is 0 Å². The summed E-state index contributed by atoms with van der Waals surface area (Å²) in [5.41, 5.74) is 5.00. The van der Waals surface area contributed by atoms with Crippen LogP contribution in [0.25, 0.3) is 6.08 Å². The van der Waals surface area contributed by atoms with E-state index in [4.69, 9.17) is 4.98 Å². The Kier molecular flexibility index (Phi) is 6.98. The zero-order valence-corrected chi connectivity index (χ0v) is 20.8. The SMILES string of the molecule is C=Cc1ccc(CCc2ccnc([PH](c3ccccc3)(c3ccccc3)c3ccccc3)c2)cc1. The molecule has 0 aliphatic heterocycles. The van der Waals surface area contributed by atoms with E-state index in [1.165, 1.54) is 32.5 Å². The molecule has 172 valence electrons. The molecule has 0 radical (unpaired) electrons. The fourth-order valence-electron chi connectivity index (χ4n) is 4.95. The van der Waals surface area contributed by atoms with Gasteiger partial charge in [-0.3, -0.25) is 0 Å². The van der Waals surface area contributed by atoms with E-state index in [9.17, 15) is 0 Å². The molecule has 2 heteroatoms. The Morgan fingerprint density at radius 3 is 1.54 bits per heavy atom. The van der Waals surface area contributed by atoms with Crippen LogP contribution >= 0.6 is 7.26 Å². The minimum atomic E-state index is -2.57. The summed E-state index contributed by atoms with van der Waals surface area (Å²) in [6.45, 7) is 3.86. The number of pyridine rings is 1. The first kappa shape index (κ1) is 23.0. The fourth-order valence-corrected chi connectivity index (χ4v) is 9.59. The van der Waals surface area contributed by atoms with Crippen LogP contribution < -0.4 is 21.3 Å². The normalized spacial score (nSPS) is 11.7.